The summed E-state index contributed by atoms with van der Waals surface area (Å²) in [7, 11) is 0. The molecule has 0 unspecified atom stereocenters. The van der Waals surface area contributed by atoms with Crippen molar-refractivity contribution in [3.8, 4) is 5.82 Å². The molecule has 1 aliphatic heterocycles. The fourth-order valence-electron chi connectivity index (χ4n) is 3.99. The van der Waals surface area contributed by atoms with Gasteiger partial charge in [-0.05, 0) is 49.3 Å². The van der Waals surface area contributed by atoms with Gasteiger partial charge in [0.05, 0.1) is 17.5 Å². The van der Waals surface area contributed by atoms with Gasteiger partial charge in [0.15, 0.2) is 5.82 Å². The number of hydrogen-bond donors (Lipinski definition) is 1. The van der Waals surface area contributed by atoms with E-state index in [0.717, 1.165) is 12.1 Å². The smallest absolute Gasteiger partial charge is 0.257 e. The van der Waals surface area contributed by atoms with Crippen molar-refractivity contribution in [2.24, 2.45) is 5.92 Å². The minimum Gasteiger partial charge on any atom is -0.355 e. The highest BCUT2D eigenvalue weighted by atomic mass is 32.1. The minimum absolute atomic E-state index is 0.0180. The second-order valence-electron chi connectivity index (χ2n) is 7.65. The second kappa shape index (κ2) is 9.87. The summed E-state index contributed by atoms with van der Waals surface area (Å²) in [6, 6.07) is 9.75. The van der Waals surface area contributed by atoms with Crippen molar-refractivity contribution in [2.45, 2.75) is 32.6 Å². The number of nitrogens with zero attached hydrogens (tertiary/aromatic N) is 4. The van der Waals surface area contributed by atoms with Gasteiger partial charge in [0.2, 0.25) is 5.91 Å². The molecule has 4 rings (SSSR count). The van der Waals surface area contributed by atoms with Crippen molar-refractivity contribution in [3.63, 3.8) is 0 Å². The number of hydrogen-bond acceptors (Lipinski definition) is 5. The predicted octanol–water partition coefficient (Wildman–Crippen LogP) is 3.10. The van der Waals surface area contributed by atoms with E-state index in [1.54, 1.807) is 28.4 Å². The van der Waals surface area contributed by atoms with Crippen LogP contribution in [-0.4, -0.2) is 51.1 Å². The van der Waals surface area contributed by atoms with Crippen LogP contribution >= 0.6 is 11.3 Å². The van der Waals surface area contributed by atoms with Crippen LogP contribution in [-0.2, 0) is 17.6 Å². The number of amides is 2. The summed E-state index contributed by atoms with van der Waals surface area (Å²) in [5.41, 5.74) is 1.48. The lowest BCUT2D eigenvalue weighted by Gasteiger charge is -2.31. The molecule has 0 spiro atoms. The Bertz CT molecular complexity index is 1010. The fraction of sp³-hybridized carbons (Fsp3) is 0.391. The molecule has 8 heteroatoms. The summed E-state index contributed by atoms with van der Waals surface area (Å²) in [6.45, 7) is 3.84. The van der Waals surface area contributed by atoms with E-state index in [-0.39, 0.29) is 17.7 Å². The summed E-state index contributed by atoms with van der Waals surface area (Å²) in [5, 5.41) is 9.51. The van der Waals surface area contributed by atoms with Gasteiger partial charge in [-0.3, -0.25) is 9.59 Å². The van der Waals surface area contributed by atoms with E-state index < -0.39 is 0 Å². The van der Waals surface area contributed by atoms with E-state index in [9.17, 15) is 9.59 Å². The highest BCUT2D eigenvalue weighted by molar-refractivity contribution is 7.09. The first kappa shape index (κ1) is 21.2. The Morgan fingerprint density at radius 3 is 2.71 bits per heavy atom. The van der Waals surface area contributed by atoms with Gasteiger partial charge in [0, 0.05) is 36.6 Å². The second-order valence-corrected chi connectivity index (χ2v) is 8.68. The van der Waals surface area contributed by atoms with Gasteiger partial charge in [-0.2, -0.15) is 5.10 Å². The van der Waals surface area contributed by atoms with Crippen LogP contribution in [0.5, 0.6) is 0 Å². The molecule has 4 heterocycles. The number of aromatic nitrogens is 3. The molecule has 7 nitrogen and oxygen atoms in total. The summed E-state index contributed by atoms with van der Waals surface area (Å²) in [5.74, 6) is 0.752. The van der Waals surface area contributed by atoms with Crippen molar-refractivity contribution in [2.75, 3.05) is 19.6 Å². The Balaban J connectivity index is 1.33. The highest BCUT2D eigenvalue weighted by Crippen LogP contribution is 2.22. The van der Waals surface area contributed by atoms with Crippen LogP contribution in [0.1, 0.15) is 40.7 Å². The first-order valence-corrected chi connectivity index (χ1v) is 11.6. The largest absolute Gasteiger partial charge is 0.355 e. The number of carbonyl (C=O) groups excluding carboxylic acids is 2. The molecular formula is C23H27N5O2S. The van der Waals surface area contributed by atoms with E-state index in [1.807, 2.05) is 41.5 Å². The van der Waals surface area contributed by atoms with Gasteiger partial charge in [0.25, 0.3) is 5.91 Å². The molecule has 1 aliphatic rings. The van der Waals surface area contributed by atoms with E-state index in [2.05, 4.69) is 21.5 Å². The number of carbonyl (C=O) groups is 2. The van der Waals surface area contributed by atoms with Gasteiger partial charge < -0.3 is 10.2 Å². The lowest BCUT2D eigenvalue weighted by atomic mass is 9.95. The zero-order chi connectivity index (χ0) is 21.6. The Morgan fingerprint density at radius 1 is 1.19 bits per heavy atom. The van der Waals surface area contributed by atoms with Crippen molar-refractivity contribution >= 4 is 23.2 Å². The maximum atomic E-state index is 13.2. The average molecular weight is 438 g/mol. The minimum atomic E-state index is -0.0331. The Labute approximate surface area is 186 Å². The standard InChI is InChI=1S/C23H27N5O2S/c1-2-20-19(16-26-28(20)21-7-3-4-11-24-21)23(30)27-13-9-17(10-14-27)22(29)25-12-8-18-6-5-15-31-18/h3-7,11,15-17H,2,8-10,12-14H2,1H3,(H,25,29). The maximum absolute atomic E-state index is 13.2. The van der Waals surface area contributed by atoms with Crippen LogP contribution in [0.2, 0.25) is 0 Å². The maximum Gasteiger partial charge on any atom is 0.257 e. The molecule has 1 N–H and O–H groups in total. The average Bonchev–Trinajstić information content (AvgIpc) is 3.49. The Hall–Kier alpha value is -3.00. The zero-order valence-electron chi connectivity index (χ0n) is 17.7. The molecule has 2 amide bonds. The highest BCUT2D eigenvalue weighted by Gasteiger charge is 2.29. The fourth-order valence-corrected chi connectivity index (χ4v) is 4.70. The molecule has 0 saturated carbocycles. The summed E-state index contributed by atoms with van der Waals surface area (Å²) < 4.78 is 1.74. The Kier molecular flexibility index (Phi) is 6.76. The van der Waals surface area contributed by atoms with Crippen molar-refractivity contribution in [3.05, 3.63) is 64.2 Å². The monoisotopic (exact) mass is 437 g/mol. The van der Waals surface area contributed by atoms with E-state index in [4.69, 9.17) is 0 Å². The number of nitrogens with one attached hydrogen (secondary N) is 1. The first-order valence-electron chi connectivity index (χ1n) is 10.7. The molecule has 0 aliphatic carbocycles. The lowest BCUT2D eigenvalue weighted by molar-refractivity contribution is -0.126. The summed E-state index contributed by atoms with van der Waals surface area (Å²) in [4.78, 5) is 33.1. The number of pyridine rings is 1. The number of rotatable bonds is 7. The van der Waals surface area contributed by atoms with Crippen molar-refractivity contribution in [1.82, 2.24) is 25.0 Å². The molecular weight excluding hydrogens is 410 g/mol. The molecule has 162 valence electrons. The molecule has 3 aromatic heterocycles. The van der Waals surface area contributed by atoms with Crippen LogP contribution in [0.4, 0.5) is 0 Å². The SMILES string of the molecule is CCc1c(C(=O)N2CCC(C(=O)NCCc3cccs3)CC2)cnn1-c1ccccn1. The number of thiophene rings is 1. The van der Waals surface area contributed by atoms with Crippen LogP contribution in [0.3, 0.4) is 0 Å². The quantitative estimate of drug-likeness (QED) is 0.616. The van der Waals surface area contributed by atoms with Crippen molar-refractivity contribution < 1.29 is 9.59 Å². The molecule has 1 fully saturated rings. The summed E-state index contributed by atoms with van der Waals surface area (Å²) >= 11 is 1.71. The van der Waals surface area contributed by atoms with Crippen LogP contribution in [0, 0.1) is 5.92 Å². The van der Waals surface area contributed by atoms with Crippen LogP contribution in [0.25, 0.3) is 5.82 Å². The van der Waals surface area contributed by atoms with Crippen molar-refractivity contribution in [1.29, 1.82) is 0 Å². The number of piperidine rings is 1. The summed E-state index contributed by atoms with van der Waals surface area (Å²) in [6.07, 6.45) is 6.27. The van der Waals surface area contributed by atoms with Gasteiger partial charge >= 0.3 is 0 Å². The number of likely N-dealkylation sites (tertiary alicyclic amines) is 1. The van der Waals surface area contributed by atoms with Crippen LogP contribution in [0.15, 0.2) is 48.1 Å². The van der Waals surface area contributed by atoms with Gasteiger partial charge in [0.1, 0.15) is 0 Å². The van der Waals surface area contributed by atoms with Gasteiger partial charge in [-0.25, -0.2) is 9.67 Å². The molecule has 0 aromatic carbocycles. The molecule has 31 heavy (non-hydrogen) atoms. The van der Waals surface area contributed by atoms with E-state index in [1.165, 1.54) is 4.88 Å². The van der Waals surface area contributed by atoms with Gasteiger partial charge in [-0.1, -0.05) is 19.1 Å². The molecule has 0 radical (unpaired) electrons. The zero-order valence-corrected chi connectivity index (χ0v) is 18.5. The van der Waals surface area contributed by atoms with E-state index >= 15 is 0 Å². The molecule has 1 saturated heterocycles. The first-order chi connectivity index (χ1) is 15.2. The molecule has 0 bridgehead atoms. The predicted molar refractivity (Wildman–Crippen MR) is 120 cm³/mol. The lowest BCUT2D eigenvalue weighted by Crippen LogP contribution is -2.43. The normalized spacial score (nSPS) is 14.5. The third-order valence-electron chi connectivity index (χ3n) is 5.70. The topological polar surface area (TPSA) is 80.1 Å². The molecule has 0 atom stereocenters. The third-order valence-corrected chi connectivity index (χ3v) is 6.64. The van der Waals surface area contributed by atoms with Crippen LogP contribution < -0.4 is 5.32 Å². The van der Waals surface area contributed by atoms with Gasteiger partial charge in [-0.15, -0.1) is 11.3 Å². The Morgan fingerprint density at radius 2 is 2.03 bits per heavy atom. The third kappa shape index (κ3) is 4.85. The molecule has 3 aromatic rings. The van der Waals surface area contributed by atoms with E-state index in [0.29, 0.717) is 50.3 Å².